The zero-order valence-corrected chi connectivity index (χ0v) is 12.3. The van der Waals surface area contributed by atoms with Crippen LogP contribution in [0.3, 0.4) is 0 Å². The maximum atomic E-state index is 11.3. The van der Waals surface area contributed by atoms with Crippen LogP contribution in [-0.4, -0.2) is 30.5 Å². The molecular weight excluding hydrogens is 274 g/mol. The van der Waals surface area contributed by atoms with Gasteiger partial charge in [-0.1, -0.05) is 30.3 Å². The lowest BCUT2D eigenvalue weighted by Crippen LogP contribution is -2.43. The van der Waals surface area contributed by atoms with Crippen LogP contribution < -0.4 is 5.32 Å². The number of ether oxygens (including phenoxy) is 2. The second kappa shape index (κ2) is 8.04. The largest absolute Gasteiger partial charge is 0.464 e. The fourth-order valence-electron chi connectivity index (χ4n) is 1.88. The molecular formula is C15H19NO5. The molecule has 0 radical (unpaired) electrons. The van der Waals surface area contributed by atoms with Crippen LogP contribution in [0.4, 0.5) is 0 Å². The van der Waals surface area contributed by atoms with Crippen LogP contribution in [0.5, 0.6) is 0 Å². The average Bonchev–Trinajstić information content (AvgIpc) is 2.41. The van der Waals surface area contributed by atoms with Crippen LogP contribution in [0, 0.1) is 0 Å². The van der Waals surface area contributed by atoms with Gasteiger partial charge < -0.3 is 14.8 Å². The SMILES string of the molecule is CC(=O)N[C@@H](COC(C)=O)[C@H](OC(C)=O)c1ccccc1. The molecule has 114 valence electrons. The zero-order valence-electron chi connectivity index (χ0n) is 12.3. The second-order valence-electron chi connectivity index (χ2n) is 4.55. The Bertz CT molecular complexity index is 500. The Balaban J connectivity index is 3.00. The van der Waals surface area contributed by atoms with E-state index in [1.165, 1.54) is 20.8 Å². The van der Waals surface area contributed by atoms with Crippen LogP contribution in [0.15, 0.2) is 30.3 Å². The van der Waals surface area contributed by atoms with Crippen molar-refractivity contribution in [3.8, 4) is 0 Å². The molecule has 1 aromatic carbocycles. The van der Waals surface area contributed by atoms with Gasteiger partial charge in [-0.2, -0.15) is 0 Å². The third-order valence-electron chi connectivity index (χ3n) is 2.64. The Morgan fingerprint density at radius 1 is 1.05 bits per heavy atom. The number of hydrogen-bond donors (Lipinski definition) is 1. The van der Waals surface area contributed by atoms with Gasteiger partial charge in [0.05, 0.1) is 0 Å². The number of amides is 1. The fourth-order valence-corrected chi connectivity index (χ4v) is 1.88. The summed E-state index contributed by atoms with van der Waals surface area (Å²) in [6.45, 7) is 3.82. The third-order valence-corrected chi connectivity index (χ3v) is 2.64. The van der Waals surface area contributed by atoms with Crippen molar-refractivity contribution in [2.24, 2.45) is 0 Å². The Labute approximate surface area is 123 Å². The van der Waals surface area contributed by atoms with E-state index >= 15 is 0 Å². The van der Waals surface area contributed by atoms with Gasteiger partial charge in [-0.15, -0.1) is 0 Å². The van der Waals surface area contributed by atoms with E-state index in [2.05, 4.69) is 5.32 Å². The van der Waals surface area contributed by atoms with Crippen molar-refractivity contribution in [3.63, 3.8) is 0 Å². The first-order valence-electron chi connectivity index (χ1n) is 6.52. The van der Waals surface area contributed by atoms with Gasteiger partial charge in [-0.3, -0.25) is 14.4 Å². The molecule has 0 fully saturated rings. The first-order chi connectivity index (χ1) is 9.90. The van der Waals surface area contributed by atoms with Crippen molar-refractivity contribution >= 4 is 17.8 Å². The van der Waals surface area contributed by atoms with E-state index in [0.717, 1.165) is 0 Å². The van der Waals surface area contributed by atoms with Gasteiger partial charge in [0.1, 0.15) is 12.6 Å². The number of hydrogen-bond acceptors (Lipinski definition) is 5. The van der Waals surface area contributed by atoms with Crippen molar-refractivity contribution in [3.05, 3.63) is 35.9 Å². The molecule has 0 aliphatic carbocycles. The Morgan fingerprint density at radius 2 is 1.67 bits per heavy atom. The summed E-state index contributed by atoms with van der Waals surface area (Å²) in [5.74, 6) is -1.26. The molecule has 1 N–H and O–H groups in total. The second-order valence-corrected chi connectivity index (χ2v) is 4.55. The maximum absolute atomic E-state index is 11.3. The molecule has 2 atom stereocenters. The van der Waals surface area contributed by atoms with E-state index in [1.54, 1.807) is 24.3 Å². The summed E-state index contributed by atoms with van der Waals surface area (Å²) < 4.78 is 10.2. The maximum Gasteiger partial charge on any atom is 0.303 e. The predicted octanol–water partition coefficient (Wildman–Crippen LogP) is 1.36. The average molecular weight is 293 g/mol. The molecule has 0 aliphatic rings. The minimum atomic E-state index is -0.730. The molecule has 1 rings (SSSR count). The number of rotatable bonds is 6. The van der Waals surface area contributed by atoms with Gasteiger partial charge in [0.25, 0.3) is 0 Å². The van der Waals surface area contributed by atoms with E-state index in [4.69, 9.17) is 9.47 Å². The Kier molecular flexibility index (Phi) is 6.39. The molecule has 6 nitrogen and oxygen atoms in total. The summed E-state index contributed by atoms with van der Waals surface area (Å²) >= 11 is 0. The first kappa shape index (κ1) is 16.7. The molecule has 1 aromatic rings. The van der Waals surface area contributed by atoms with Crippen molar-refractivity contribution in [2.45, 2.75) is 32.9 Å². The molecule has 0 spiro atoms. The van der Waals surface area contributed by atoms with Gasteiger partial charge in [-0.25, -0.2) is 0 Å². The van der Waals surface area contributed by atoms with Crippen LogP contribution in [0.2, 0.25) is 0 Å². The van der Waals surface area contributed by atoms with Crippen LogP contribution in [0.25, 0.3) is 0 Å². The van der Waals surface area contributed by atoms with Gasteiger partial charge in [-0.05, 0) is 5.56 Å². The monoisotopic (exact) mass is 293 g/mol. The van der Waals surface area contributed by atoms with Gasteiger partial charge >= 0.3 is 11.9 Å². The summed E-state index contributed by atoms with van der Waals surface area (Å²) in [6, 6.07) is 8.31. The standard InChI is InChI=1S/C15H19NO5/c1-10(17)16-14(9-20-11(2)18)15(21-12(3)19)13-7-5-4-6-8-13/h4-8,14-15H,9H2,1-3H3,(H,16,17)/t14-,15+/m0/s1. The highest BCUT2D eigenvalue weighted by molar-refractivity contribution is 5.73. The Morgan fingerprint density at radius 3 is 2.14 bits per heavy atom. The fraction of sp³-hybridized carbons (Fsp3) is 0.400. The normalized spacial score (nSPS) is 12.9. The lowest BCUT2D eigenvalue weighted by molar-refractivity contribution is -0.152. The number of esters is 2. The molecule has 0 heterocycles. The first-order valence-corrected chi connectivity index (χ1v) is 6.52. The molecule has 0 saturated heterocycles. The highest BCUT2D eigenvalue weighted by Gasteiger charge is 2.28. The Hall–Kier alpha value is -2.37. The molecule has 21 heavy (non-hydrogen) atoms. The molecule has 0 aliphatic heterocycles. The number of benzene rings is 1. The van der Waals surface area contributed by atoms with Crippen molar-refractivity contribution < 1.29 is 23.9 Å². The van der Waals surface area contributed by atoms with Crippen LogP contribution in [-0.2, 0) is 23.9 Å². The summed E-state index contributed by atoms with van der Waals surface area (Å²) in [7, 11) is 0. The highest BCUT2D eigenvalue weighted by Crippen LogP contribution is 2.22. The minimum Gasteiger partial charge on any atom is -0.464 e. The molecule has 0 saturated carbocycles. The molecule has 0 bridgehead atoms. The molecule has 0 unspecified atom stereocenters. The number of carbonyl (C=O) groups excluding carboxylic acids is 3. The molecule has 1 amide bonds. The molecule has 6 heteroatoms. The van der Waals surface area contributed by atoms with Gasteiger partial charge in [0.15, 0.2) is 6.10 Å². The van der Waals surface area contributed by atoms with Crippen molar-refractivity contribution in [2.75, 3.05) is 6.61 Å². The lowest BCUT2D eigenvalue weighted by Gasteiger charge is -2.27. The minimum absolute atomic E-state index is 0.0816. The lowest BCUT2D eigenvalue weighted by atomic mass is 10.0. The smallest absolute Gasteiger partial charge is 0.303 e. The summed E-state index contributed by atoms with van der Waals surface area (Å²) in [5, 5.41) is 2.65. The number of nitrogens with one attached hydrogen (secondary N) is 1. The quantitative estimate of drug-likeness (QED) is 0.801. The predicted molar refractivity (Wildman–Crippen MR) is 75.2 cm³/mol. The van der Waals surface area contributed by atoms with E-state index in [1.807, 2.05) is 6.07 Å². The number of carbonyl (C=O) groups is 3. The topological polar surface area (TPSA) is 81.7 Å². The zero-order chi connectivity index (χ0) is 15.8. The summed E-state index contributed by atoms with van der Waals surface area (Å²) in [6.07, 6.45) is -0.730. The van der Waals surface area contributed by atoms with Crippen LogP contribution in [0.1, 0.15) is 32.4 Å². The van der Waals surface area contributed by atoms with E-state index in [-0.39, 0.29) is 12.5 Å². The summed E-state index contributed by atoms with van der Waals surface area (Å²) in [5.41, 5.74) is 0.707. The van der Waals surface area contributed by atoms with Gasteiger partial charge in [0, 0.05) is 20.8 Å². The third kappa shape index (κ3) is 6.07. The van der Waals surface area contributed by atoms with Crippen molar-refractivity contribution in [1.29, 1.82) is 0 Å². The van der Waals surface area contributed by atoms with E-state index in [9.17, 15) is 14.4 Å². The highest BCUT2D eigenvalue weighted by atomic mass is 16.6. The summed E-state index contributed by atoms with van der Waals surface area (Å²) in [4.78, 5) is 33.6. The molecule has 0 aromatic heterocycles. The van der Waals surface area contributed by atoms with E-state index in [0.29, 0.717) is 5.56 Å². The van der Waals surface area contributed by atoms with Crippen LogP contribution >= 0.6 is 0 Å². The van der Waals surface area contributed by atoms with E-state index < -0.39 is 24.1 Å². The van der Waals surface area contributed by atoms with Crippen molar-refractivity contribution in [1.82, 2.24) is 5.32 Å². The van der Waals surface area contributed by atoms with Gasteiger partial charge in [0.2, 0.25) is 5.91 Å².